The quantitative estimate of drug-likeness (QED) is 0.773. The molecule has 3 rings (SSSR count). The fourth-order valence-corrected chi connectivity index (χ4v) is 3.25. The maximum atomic E-state index is 13.7. The number of likely N-dealkylation sites (tertiary alicyclic amines) is 1. The van der Waals surface area contributed by atoms with Crippen LogP contribution in [0.15, 0.2) is 12.1 Å². The fraction of sp³-hybridized carbons (Fsp3) is 0.500. The highest BCUT2D eigenvalue weighted by molar-refractivity contribution is 7.89. The van der Waals surface area contributed by atoms with Crippen LogP contribution in [0.1, 0.15) is 0 Å². The fourth-order valence-electron chi connectivity index (χ4n) is 2.68. The van der Waals surface area contributed by atoms with Crippen LogP contribution in [0, 0.1) is 11.6 Å². The number of nitrogens with one attached hydrogen (secondary N) is 2. The number of sulfonamides is 1. The Bertz CT molecular complexity index is 750. The first-order valence-electron chi connectivity index (χ1n) is 7.56. The summed E-state index contributed by atoms with van der Waals surface area (Å²) in [5.74, 6) is -2.34. The van der Waals surface area contributed by atoms with Crippen molar-refractivity contribution in [1.29, 1.82) is 0 Å². The molecular weight excluding hydrogens is 360 g/mol. The van der Waals surface area contributed by atoms with Gasteiger partial charge in [0.1, 0.15) is 0 Å². The molecule has 11 heteroatoms. The number of urea groups is 1. The van der Waals surface area contributed by atoms with E-state index in [9.17, 15) is 22.0 Å². The van der Waals surface area contributed by atoms with Gasteiger partial charge in [0.25, 0.3) is 0 Å². The molecule has 25 heavy (non-hydrogen) atoms. The van der Waals surface area contributed by atoms with Crippen molar-refractivity contribution < 1.29 is 31.5 Å². The van der Waals surface area contributed by atoms with Crippen LogP contribution in [0.3, 0.4) is 0 Å². The molecule has 1 fully saturated rings. The SMILES string of the molecule is CNS(=O)(=O)CCNC(=O)N1C[C@@H]2Oc3c(F)ccc(F)c3O[C@@H]2C1. The molecule has 1 aromatic carbocycles. The van der Waals surface area contributed by atoms with Gasteiger partial charge in [-0.25, -0.2) is 26.7 Å². The van der Waals surface area contributed by atoms with E-state index < -0.39 is 39.9 Å². The minimum absolute atomic E-state index is 0.0704. The van der Waals surface area contributed by atoms with Gasteiger partial charge in [0.2, 0.25) is 21.5 Å². The number of hydrogen-bond donors (Lipinski definition) is 2. The highest BCUT2D eigenvalue weighted by Gasteiger charge is 2.43. The number of halogens is 2. The molecule has 0 radical (unpaired) electrons. The van der Waals surface area contributed by atoms with Crippen LogP contribution >= 0.6 is 0 Å². The van der Waals surface area contributed by atoms with Crippen LogP contribution in [-0.4, -0.2) is 64.0 Å². The Labute approximate surface area is 143 Å². The van der Waals surface area contributed by atoms with Crippen LogP contribution in [-0.2, 0) is 10.0 Å². The highest BCUT2D eigenvalue weighted by Crippen LogP contribution is 2.40. The molecule has 2 atom stereocenters. The number of amides is 2. The Kier molecular flexibility index (Phi) is 4.69. The van der Waals surface area contributed by atoms with E-state index >= 15 is 0 Å². The average molecular weight is 377 g/mol. The lowest BCUT2D eigenvalue weighted by Gasteiger charge is -2.28. The Morgan fingerprint density at radius 2 is 1.72 bits per heavy atom. The summed E-state index contributed by atoms with van der Waals surface area (Å²) in [4.78, 5) is 13.5. The van der Waals surface area contributed by atoms with Crippen molar-refractivity contribution in [2.75, 3.05) is 32.4 Å². The van der Waals surface area contributed by atoms with Crippen molar-refractivity contribution >= 4 is 16.1 Å². The summed E-state index contributed by atoms with van der Waals surface area (Å²) in [5, 5.41) is 2.48. The lowest BCUT2D eigenvalue weighted by atomic mass is 10.2. The normalized spacial score (nSPS) is 21.8. The maximum Gasteiger partial charge on any atom is 0.317 e. The van der Waals surface area contributed by atoms with E-state index in [0.29, 0.717) is 0 Å². The van der Waals surface area contributed by atoms with Gasteiger partial charge in [-0.2, -0.15) is 0 Å². The molecule has 0 unspecified atom stereocenters. The summed E-state index contributed by atoms with van der Waals surface area (Å²) >= 11 is 0. The first-order valence-corrected chi connectivity index (χ1v) is 9.21. The van der Waals surface area contributed by atoms with E-state index in [1.807, 2.05) is 0 Å². The van der Waals surface area contributed by atoms with Crippen LogP contribution in [0.2, 0.25) is 0 Å². The molecule has 8 nitrogen and oxygen atoms in total. The number of hydrogen-bond acceptors (Lipinski definition) is 5. The van der Waals surface area contributed by atoms with Gasteiger partial charge in [-0.15, -0.1) is 0 Å². The van der Waals surface area contributed by atoms with Crippen molar-refractivity contribution in [3.05, 3.63) is 23.8 Å². The molecule has 138 valence electrons. The largest absolute Gasteiger partial charge is 0.478 e. The standard InChI is InChI=1S/C14H17F2N3O5S/c1-17-25(21,22)5-4-18-14(20)19-6-10-11(7-19)24-13-9(16)3-2-8(15)12(13)23-10/h2-3,10-11,17H,4-7H2,1H3,(H,18,20)/t10-,11+. The molecule has 1 saturated heterocycles. The third kappa shape index (κ3) is 3.61. The Morgan fingerprint density at radius 1 is 1.20 bits per heavy atom. The van der Waals surface area contributed by atoms with Crippen molar-refractivity contribution in [1.82, 2.24) is 14.9 Å². The zero-order valence-corrected chi connectivity index (χ0v) is 14.1. The molecular formula is C14H17F2N3O5S. The van der Waals surface area contributed by atoms with E-state index in [1.165, 1.54) is 11.9 Å². The minimum atomic E-state index is -3.42. The van der Waals surface area contributed by atoms with Gasteiger partial charge in [0, 0.05) is 6.54 Å². The summed E-state index contributed by atoms with van der Waals surface area (Å²) in [6, 6.07) is 1.39. The molecule has 0 saturated carbocycles. The van der Waals surface area contributed by atoms with E-state index in [2.05, 4.69) is 10.0 Å². The molecule has 2 aliphatic rings. The molecule has 2 N–H and O–H groups in total. The summed E-state index contributed by atoms with van der Waals surface area (Å²) in [6.45, 7) is 0.161. The predicted molar refractivity (Wildman–Crippen MR) is 83.0 cm³/mol. The van der Waals surface area contributed by atoms with Gasteiger partial charge in [0.15, 0.2) is 23.8 Å². The molecule has 2 amide bonds. The summed E-state index contributed by atoms with van der Waals surface area (Å²) in [6.07, 6.45) is -1.26. The predicted octanol–water partition coefficient (Wildman–Crippen LogP) is 0.0476. The third-order valence-electron chi connectivity index (χ3n) is 4.02. The van der Waals surface area contributed by atoms with Crippen LogP contribution in [0.5, 0.6) is 11.5 Å². The molecule has 0 aliphatic carbocycles. The zero-order chi connectivity index (χ0) is 18.2. The minimum Gasteiger partial charge on any atom is -0.478 e. The molecule has 0 spiro atoms. The van der Waals surface area contributed by atoms with Gasteiger partial charge in [-0.05, 0) is 19.2 Å². The Balaban J connectivity index is 1.60. The van der Waals surface area contributed by atoms with E-state index in [0.717, 1.165) is 12.1 Å². The van der Waals surface area contributed by atoms with Gasteiger partial charge < -0.3 is 19.7 Å². The van der Waals surface area contributed by atoms with E-state index in [4.69, 9.17) is 9.47 Å². The van der Waals surface area contributed by atoms with Gasteiger partial charge >= 0.3 is 6.03 Å². The first kappa shape index (κ1) is 17.7. The van der Waals surface area contributed by atoms with Crippen molar-refractivity contribution in [2.45, 2.75) is 12.2 Å². The lowest BCUT2D eigenvalue weighted by Crippen LogP contribution is -2.42. The summed E-state index contributed by atoms with van der Waals surface area (Å²) in [7, 11) is -2.14. The molecule has 2 heterocycles. The topological polar surface area (TPSA) is 97.0 Å². The van der Waals surface area contributed by atoms with Crippen LogP contribution in [0.4, 0.5) is 13.6 Å². The maximum absolute atomic E-state index is 13.7. The summed E-state index contributed by atoms with van der Waals surface area (Å²) < 4.78 is 63.2. The van der Waals surface area contributed by atoms with Crippen LogP contribution < -0.4 is 19.5 Å². The van der Waals surface area contributed by atoms with Gasteiger partial charge in [0.05, 0.1) is 18.8 Å². The van der Waals surface area contributed by atoms with Gasteiger partial charge in [-0.1, -0.05) is 0 Å². The third-order valence-corrected chi connectivity index (χ3v) is 5.38. The highest BCUT2D eigenvalue weighted by atomic mass is 32.2. The summed E-state index contributed by atoms with van der Waals surface area (Å²) in [5.41, 5.74) is 0. The number of fused-ring (bicyclic) bond motifs is 2. The Morgan fingerprint density at radius 3 is 2.20 bits per heavy atom. The second-order valence-electron chi connectivity index (χ2n) is 5.66. The van der Waals surface area contributed by atoms with E-state index in [1.54, 1.807) is 0 Å². The Hall–Kier alpha value is -2.14. The first-order chi connectivity index (χ1) is 11.8. The van der Waals surface area contributed by atoms with Gasteiger partial charge in [-0.3, -0.25) is 0 Å². The van der Waals surface area contributed by atoms with Crippen molar-refractivity contribution in [2.24, 2.45) is 0 Å². The van der Waals surface area contributed by atoms with Crippen LogP contribution in [0.25, 0.3) is 0 Å². The molecule has 0 aromatic heterocycles. The molecule has 2 aliphatic heterocycles. The molecule has 1 aromatic rings. The zero-order valence-electron chi connectivity index (χ0n) is 13.3. The molecule has 0 bridgehead atoms. The van der Waals surface area contributed by atoms with Crippen molar-refractivity contribution in [3.63, 3.8) is 0 Å². The number of carbonyl (C=O) groups excluding carboxylic acids is 1. The van der Waals surface area contributed by atoms with E-state index in [-0.39, 0.29) is 36.9 Å². The second kappa shape index (κ2) is 6.64. The number of rotatable bonds is 4. The monoisotopic (exact) mass is 377 g/mol. The average Bonchev–Trinajstić information content (AvgIpc) is 3.00. The lowest BCUT2D eigenvalue weighted by molar-refractivity contribution is 0.0467. The number of ether oxygens (including phenoxy) is 2. The number of benzene rings is 1. The second-order valence-corrected chi connectivity index (χ2v) is 7.71. The number of nitrogens with zero attached hydrogens (tertiary/aromatic N) is 1. The van der Waals surface area contributed by atoms with Crippen molar-refractivity contribution in [3.8, 4) is 11.5 Å². The number of carbonyl (C=O) groups is 1. The smallest absolute Gasteiger partial charge is 0.317 e.